The molecule has 1 atom stereocenters. The highest BCUT2D eigenvalue weighted by molar-refractivity contribution is 5.36. The van der Waals surface area contributed by atoms with E-state index in [9.17, 15) is 4.79 Å². The first-order valence-corrected chi connectivity index (χ1v) is 2.86. The molecule has 0 amide bonds. The maximum absolute atomic E-state index is 9.72. The molecule has 4 nitrogen and oxygen atoms in total. The van der Waals surface area contributed by atoms with E-state index in [0.29, 0.717) is 26.0 Å². The lowest BCUT2D eigenvalue weighted by Crippen LogP contribution is -2.21. The van der Waals surface area contributed by atoms with Crippen molar-refractivity contribution in [3.63, 3.8) is 0 Å². The van der Waals surface area contributed by atoms with Crippen molar-refractivity contribution in [2.75, 3.05) is 13.1 Å². The Kier molecular flexibility index (Phi) is 2.02. The molecule has 52 valence electrons. The molecule has 1 N–H and O–H groups in total. The Labute approximate surface area is 53.0 Å². The van der Waals surface area contributed by atoms with Gasteiger partial charge in [0.15, 0.2) is 0 Å². The van der Waals surface area contributed by atoms with Crippen LogP contribution in [0.5, 0.6) is 0 Å². The van der Waals surface area contributed by atoms with Gasteiger partial charge in [0.25, 0.3) is 0 Å². The minimum absolute atomic E-state index is 0.329. The zero-order valence-corrected chi connectivity index (χ0v) is 4.99. The quantitative estimate of drug-likeness (QED) is 0.495. The molecule has 0 radical (unpaired) electrons. The maximum Gasteiger partial charge on any atom is 0.312 e. The van der Waals surface area contributed by atoms with Crippen molar-refractivity contribution in [3.05, 3.63) is 0 Å². The van der Waals surface area contributed by atoms with Gasteiger partial charge in [0.1, 0.15) is 0 Å². The molecule has 1 aliphatic heterocycles. The van der Waals surface area contributed by atoms with E-state index in [-0.39, 0.29) is 6.10 Å². The lowest BCUT2D eigenvalue weighted by atomic mass is 10.3. The fourth-order valence-corrected chi connectivity index (χ4v) is 0.867. The van der Waals surface area contributed by atoms with E-state index >= 15 is 0 Å². The maximum atomic E-state index is 9.72. The minimum atomic E-state index is -0.329. The van der Waals surface area contributed by atoms with Crippen molar-refractivity contribution in [3.8, 4) is 0 Å². The Bertz CT molecular complexity index is 106. The summed E-state index contributed by atoms with van der Waals surface area (Å²) in [5.41, 5.74) is 0. The molecule has 1 fully saturated rings. The second kappa shape index (κ2) is 2.80. The van der Waals surface area contributed by atoms with E-state index in [4.69, 9.17) is 5.11 Å². The molecule has 1 heterocycles. The van der Waals surface area contributed by atoms with Gasteiger partial charge in [-0.25, -0.2) is 0 Å². The number of β-amino-alcohol motifs (C(OH)–C–C–N with tert-alkyl or cyclic N) is 1. The van der Waals surface area contributed by atoms with Gasteiger partial charge in [-0.15, -0.1) is 5.06 Å². The Balaban J connectivity index is 2.21. The van der Waals surface area contributed by atoms with Crippen LogP contribution in [0.15, 0.2) is 0 Å². The van der Waals surface area contributed by atoms with Gasteiger partial charge in [0.2, 0.25) is 0 Å². The minimum Gasteiger partial charge on any atom is -0.392 e. The van der Waals surface area contributed by atoms with Gasteiger partial charge in [0, 0.05) is 6.54 Å². The first-order chi connectivity index (χ1) is 4.33. The summed E-state index contributed by atoms with van der Waals surface area (Å²) in [6.07, 6.45) is 0.360. The fourth-order valence-electron chi connectivity index (χ4n) is 0.867. The average molecular weight is 131 g/mol. The second-order valence-corrected chi connectivity index (χ2v) is 2.03. The fraction of sp³-hybridized carbons (Fsp3) is 0.800. The topological polar surface area (TPSA) is 49.8 Å². The van der Waals surface area contributed by atoms with Gasteiger partial charge in [-0.2, -0.15) is 0 Å². The molecule has 0 spiro atoms. The van der Waals surface area contributed by atoms with Gasteiger partial charge in [-0.05, 0) is 6.42 Å². The molecule has 0 aromatic carbocycles. The Morgan fingerprint density at radius 2 is 2.56 bits per heavy atom. The zero-order valence-electron chi connectivity index (χ0n) is 4.99. The molecule has 1 rings (SSSR count). The Morgan fingerprint density at radius 1 is 1.78 bits per heavy atom. The molecule has 9 heavy (non-hydrogen) atoms. The molecule has 0 saturated carbocycles. The van der Waals surface area contributed by atoms with Gasteiger partial charge >= 0.3 is 6.47 Å². The van der Waals surface area contributed by atoms with Crippen LogP contribution in [0.4, 0.5) is 0 Å². The van der Waals surface area contributed by atoms with E-state index < -0.39 is 0 Å². The van der Waals surface area contributed by atoms with Crippen molar-refractivity contribution < 1.29 is 14.7 Å². The van der Waals surface area contributed by atoms with E-state index in [0.717, 1.165) is 0 Å². The molecular weight excluding hydrogens is 122 g/mol. The number of hydrogen-bond acceptors (Lipinski definition) is 4. The summed E-state index contributed by atoms with van der Waals surface area (Å²) in [4.78, 5) is 14.2. The lowest BCUT2D eigenvalue weighted by molar-refractivity contribution is -0.169. The van der Waals surface area contributed by atoms with Crippen LogP contribution in [0.3, 0.4) is 0 Å². The van der Waals surface area contributed by atoms with Gasteiger partial charge in [-0.1, -0.05) is 0 Å². The van der Waals surface area contributed by atoms with Crippen LogP contribution in [0, 0.1) is 0 Å². The third-order valence-corrected chi connectivity index (χ3v) is 1.32. The number of aliphatic hydroxyl groups excluding tert-OH is 1. The molecule has 0 aromatic rings. The third-order valence-electron chi connectivity index (χ3n) is 1.32. The Morgan fingerprint density at radius 3 is 3.00 bits per heavy atom. The Hall–Kier alpha value is -0.610. The normalized spacial score (nSPS) is 28.3. The molecule has 0 bridgehead atoms. The molecule has 1 aliphatic rings. The largest absolute Gasteiger partial charge is 0.392 e. The smallest absolute Gasteiger partial charge is 0.312 e. The number of rotatable bonds is 2. The number of aliphatic hydroxyl groups is 1. The summed E-state index contributed by atoms with van der Waals surface area (Å²) >= 11 is 0. The molecule has 1 unspecified atom stereocenters. The zero-order chi connectivity index (χ0) is 6.69. The summed E-state index contributed by atoms with van der Waals surface area (Å²) in [7, 11) is 0. The number of hydrogen-bond donors (Lipinski definition) is 1. The van der Waals surface area contributed by atoms with Crippen LogP contribution in [0.25, 0.3) is 0 Å². The van der Waals surface area contributed by atoms with Crippen LogP contribution < -0.4 is 0 Å². The predicted molar refractivity (Wildman–Crippen MR) is 29.3 cm³/mol. The molecular formula is C5H9NO3. The SMILES string of the molecule is O=CON1CCC(O)C1. The summed E-state index contributed by atoms with van der Waals surface area (Å²) < 4.78 is 0. The molecule has 0 aliphatic carbocycles. The number of carbonyl (C=O) groups is 1. The highest BCUT2D eigenvalue weighted by atomic mass is 16.7. The van der Waals surface area contributed by atoms with Crippen molar-refractivity contribution in [2.24, 2.45) is 0 Å². The van der Waals surface area contributed by atoms with E-state index in [1.807, 2.05) is 0 Å². The summed E-state index contributed by atoms with van der Waals surface area (Å²) in [5.74, 6) is 0. The standard InChI is InChI=1S/C5H9NO3/c7-4-9-6-2-1-5(8)3-6/h4-5,8H,1-3H2. The van der Waals surface area contributed by atoms with Crippen LogP contribution >= 0.6 is 0 Å². The molecule has 0 aromatic heterocycles. The molecule has 1 saturated heterocycles. The highest BCUT2D eigenvalue weighted by Crippen LogP contribution is 2.07. The predicted octanol–water partition coefficient (Wildman–Crippen LogP) is -0.859. The molecule has 4 heteroatoms. The van der Waals surface area contributed by atoms with Crippen LogP contribution in [-0.4, -0.2) is 35.8 Å². The van der Waals surface area contributed by atoms with Crippen molar-refractivity contribution >= 4 is 6.47 Å². The van der Waals surface area contributed by atoms with Gasteiger partial charge in [-0.3, -0.25) is 4.79 Å². The third kappa shape index (κ3) is 1.65. The van der Waals surface area contributed by atoms with E-state index in [1.165, 1.54) is 5.06 Å². The number of hydroxylamine groups is 2. The van der Waals surface area contributed by atoms with Crippen LogP contribution in [0.2, 0.25) is 0 Å². The van der Waals surface area contributed by atoms with Crippen molar-refractivity contribution in [1.82, 2.24) is 5.06 Å². The van der Waals surface area contributed by atoms with Crippen molar-refractivity contribution in [1.29, 1.82) is 0 Å². The van der Waals surface area contributed by atoms with Crippen LogP contribution in [-0.2, 0) is 9.63 Å². The lowest BCUT2D eigenvalue weighted by Gasteiger charge is -2.08. The average Bonchev–Trinajstić information content (AvgIpc) is 2.17. The number of nitrogens with zero attached hydrogens (tertiary/aromatic N) is 1. The summed E-state index contributed by atoms with van der Waals surface area (Å²) in [6, 6.07) is 0. The first kappa shape index (κ1) is 6.51. The van der Waals surface area contributed by atoms with Gasteiger partial charge in [0.05, 0.1) is 12.6 Å². The number of carbonyl (C=O) groups excluding carboxylic acids is 1. The summed E-state index contributed by atoms with van der Waals surface area (Å²) in [6.45, 7) is 1.46. The summed E-state index contributed by atoms with van der Waals surface area (Å²) in [5, 5.41) is 10.3. The van der Waals surface area contributed by atoms with E-state index in [1.54, 1.807) is 0 Å². The highest BCUT2D eigenvalue weighted by Gasteiger charge is 2.20. The van der Waals surface area contributed by atoms with Gasteiger partial charge < -0.3 is 9.94 Å². The second-order valence-electron chi connectivity index (χ2n) is 2.03. The van der Waals surface area contributed by atoms with E-state index in [2.05, 4.69) is 4.84 Å². The monoisotopic (exact) mass is 131 g/mol. The van der Waals surface area contributed by atoms with Crippen molar-refractivity contribution in [2.45, 2.75) is 12.5 Å². The van der Waals surface area contributed by atoms with Crippen LogP contribution in [0.1, 0.15) is 6.42 Å². The first-order valence-electron chi connectivity index (χ1n) is 2.86.